The van der Waals surface area contributed by atoms with Crippen molar-refractivity contribution >= 4 is 0 Å². The van der Waals surface area contributed by atoms with Crippen LogP contribution in [0, 0.1) is 5.92 Å². The van der Waals surface area contributed by atoms with Gasteiger partial charge in [-0.2, -0.15) is 0 Å². The molecular formula is C10H21NO2. The van der Waals surface area contributed by atoms with Gasteiger partial charge >= 0.3 is 0 Å². The van der Waals surface area contributed by atoms with Crippen LogP contribution in [-0.4, -0.2) is 30.5 Å². The molecule has 1 rings (SSSR count). The summed E-state index contributed by atoms with van der Waals surface area (Å²) in [6.45, 7) is 3.15. The van der Waals surface area contributed by atoms with E-state index in [1.165, 1.54) is 12.8 Å². The molecule has 3 unspecified atom stereocenters. The van der Waals surface area contributed by atoms with Crippen LogP contribution in [0.5, 0.6) is 0 Å². The first-order valence-electron chi connectivity index (χ1n) is 5.27. The first-order valence-corrected chi connectivity index (χ1v) is 5.27. The highest BCUT2D eigenvalue weighted by atomic mass is 16.5. The van der Waals surface area contributed by atoms with Crippen LogP contribution < -0.4 is 5.73 Å². The quantitative estimate of drug-likeness (QED) is 0.672. The minimum atomic E-state index is -0.306. The lowest BCUT2D eigenvalue weighted by Crippen LogP contribution is -2.28. The smallest absolute Gasteiger partial charge is 0.0771 e. The van der Waals surface area contributed by atoms with Gasteiger partial charge in [-0.3, -0.25) is 0 Å². The van der Waals surface area contributed by atoms with Gasteiger partial charge in [0.1, 0.15) is 0 Å². The maximum atomic E-state index is 9.32. The Morgan fingerprint density at radius 2 is 2.31 bits per heavy atom. The average Bonchev–Trinajstić information content (AvgIpc) is 2.61. The monoisotopic (exact) mass is 187 g/mol. The molecule has 3 atom stereocenters. The van der Waals surface area contributed by atoms with Gasteiger partial charge in [0.15, 0.2) is 0 Å². The number of nitrogens with two attached hydrogens (primary N) is 1. The normalized spacial score (nSPS) is 30.7. The first kappa shape index (κ1) is 11.0. The van der Waals surface area contributed by atoms with Crippen LogP contribution in [0.2, 0.25) is 0 Å². The van der Waals surface area contributed by atoms with Gasteiger partial charge in [0.05, 0.1) is 18.8 Å². The van der Waals surface area contributed by atoms with E-state index < -0.39 is 0 Å². The van der Waals surface area contributed by atoms with E-state index in [-0.39, 0.29) is 6.10 Å². The Morgan fingerprint density at radius 3 is 2.92 bits per heavy atom. The van der Waals surface area contributed by atoms with Gasteiger partial charge in [-0.05, 0) is 31.7 Å². The zero-order valence-electron chi connectivity index (χ0n) is 8.41. The molecule has 0 radical (unpaired) electrons. The van der Waals surface area contributed by atoms with Crippen molar-refractivity contribution < 1.29 is 9.84 Å². The van der Waals surface area contributed by atoms with Crippen molar-refractivity contribution in [2.24, 2.45) is 11.7 Å². The molecule has 0 aromatic heterocycles. The Labute approximate surface area is 80.3 Å². The first-order chi connectivity index (χ1) is 6.27. The van der Waals surface area contributed by atoms with Crippen LogP contribution in [0.1, 0.15) is 32.6 Å². The van der Waals surface area contributed by atoms with E-state index in [0.717, 1.165) is 12.8 Å². The molecule has 1 aliphatic carbocycles. The highest BCUT2D eigenvalue weighted by Crippen LogP contribution is 2.27. The molecule has 13 heavy (non-hydrogen) atoms. The van der Waals surface area contributed by atoms with Crippen molar-refractivity contribution in [3.05, 3.63) is 0 Å². The fourth-order valence-electron chi connectivity index (χ4n) is 1.84. The molecule has 3 heteroatoms. The Bertz CT molecular complexity index is 141. The fraction of sp³-hybridized carbons (Fsp3) is 1.00. The third-order valence-electron chi connectivity index (χ3n) is 2.87. The molecule has 1 aliphatic rings. The maximum Gasteiger partial charge on any atom is 0.0771 e. The fourth-order valence-corrected chi connectivity index (χ4v) is 1.84. The second-order valence-electron chi connectivity index (χ2n) is 3.86. The lowest BCUT2D eigenvalue weighted by atomic mass is 10.1. The van der Waals surface area contributed by atoms with E-state index in [1.54, 1.807) is 0 Å². The van der Waals surface area contributed by atoms with Gasteiger partial charge in [0.25, 0.3) is 0 Å². The van der Waals surface area contributed by atoms with Crippen molar-refractivity contribution in [2.75, 3.05) is 13.2 Å². The molecule has 3 nitrogen and oxygen atoms in total. The van der Waals surface area contributed by atoms with E-state index in [0.29, 0.717) is 25.2 Å². The van der Waals surface area contributed by atoms with E-state index in [9.17, 15) is 5.11 Å². The summed E-state index contributed by atoms with van der Waals surface area (Å²) in [5.74, 6) is 0.518. The Kier molecular flexibility index (Phi) is 4.70. The van der Waals surface area contributed by atoms with Crippen molar-refractivity contribution in [1.29, 1.82) is 0 Å². The summed E-state index contributed by atoms with van der Waals surface area (Å²) in [6, 6.07) is 0. The second kappa shape index (κ2) is 5.58. The van der Waals surface area contributed by atoms with Crippen LogP contribution in [0.25, 0.3) is 0 Å². The molecule has 1 saturated carbocycles. The van der Waals surface area contributed by atoms with E-state index >= 15 is 0 Å². The van der Waals surface area contributed by atoms with Gasteiger partial charge in [0, 0.05) is 0 Å². The number of aliphatic hydroxyl groups is 1. The van der Waals surface area contributed by atoms with Crippen molar-refractivity contribution in [3.63, 3.8) is 0 Å². The summed E-state index contributed by atoms with van der Waals surface area (Å²) in [6.07, 6.45) is 4.27. The number of hydrogen-bond donors (Lipinski definition) is 2. The second-order valence-corrected chi connectivity index (χ2v) is 3.86. The van der Waals surface area contributed by atoms with E-state index in [1.807, 2.05) is 6.92 Å². The minimum absolute atomic E-state index is 0.297. The van der Waals surface area contributed by atoms with Crippen molar-refractivity contribution in [3.8, 4) is 0 Å². The van der Waals surface area contributed by atoms with E-state index in [4.69, 9.17) is 10.5 Å². The summed E-state index contributed by atoms with van der Waals surface area (Å²) >= 11 is 0. The number of rotatable bonds is 5. The summed E-state index contributed by atoms with van der Waals surface area (Å²) in [5.41, 5.74) is 5.62. The number of hydrogen-bond acceptors (Lipinski definition) is 3. The van der Waals surface area contributed by atoms with Crippen molar-refractivity contribution in [2.45, 2.75) is 44.8 Å². The lowest BCUT2D eigenvalue weighted by Gasteiger charge is -2.20. The van der Waals surface area contributed by atoms with Gasteiger partial charge in [-0.1, -0.05) is 13.3 Å². The SMILES string of the molecule is CCC(O)COC1CCCC1CN. The van der Waals surface area contributed by atoms with Crippen LogP contribution in [0.4, 0.5) is 0 Å². The highest BCUT2D eigenvalue weighted by Gasteiger charge is 2.26. The Hall–Kier alpha value is -0.120. The predicted octanol–water partition coefficient (Wildman–Crippen LogP) is 0.901. The van der Waals surface area contributed by atoms with Crippen molar-refractivity contribution in [1.82, 2.24) is 0 Å². The molecule has 0 bridgehead atoms. The number of ether oxygens (including phenoxy) is 1. The standard InChI is InChI=1S/C10H21NO2/c1-2-9(12)7-13-10-5-3-4-8(10)6-11/h8-10,12H,2-7,11H2,1H3. The third-order valence-corrected chi connectivity index (χ3v) is 2.87. The average molecular weight is 187 g/mol. The third kappa shape index (κ3) is 3.25. The maximum absolute atomic E-state index is 9.32. The molecule has 1 fully saturated rings. The van der Waals surface area contributed by atoms with Gasteiger partial charge in [0.2, 0.25) is 0 Å². The van der Waals surface area contributed by atoms with Crippen LogP contribution in [0.15, 0.2) is 0 Å². The van der Waals surface area contributed by atoms with Crippen LogP contribution in [-0.2, 0) is 4.74 Å². The molecule has 0 aliphatic heterocycles. The molecule has 0 amide bonds. The van der Waals surface area contributed by atoms with E-state index in [2.05, 4.69) is 0 Å². The molecular weight excluding hydrogens is 166 g/mol. The highest BCUT2D eigenvalue weighted by molar-refractivity contribution is 4.78. The largest absolute Gasteiger partial charge is 0.391 e. The van der Waals surface area contributed by atoms with Gasteiger partial charge in [-0.15, -0.1) is 0 Å². The van der Waals surface area contributed by atoms with Gasteiger partial charge < -0.3 is 15.6 Å². The van der Waals surface area contributed by atoms with Crippen LogP contribution >= 0.6 is 0 Å². The molecule has 78 valence electrons. The zero-order valence-corrected chi connectivity index (χ0v) is 8.41. The Balaban J connectivity index is 2.19. The molecule has 0 aromatic rings. The topological polar surface area (TPSA) is 55.5 Å². The zero-order chi connectivity index (χ0) is 9.68. The number of aliphatic hydroxyl groups excluding tert-OH is 1. The Morgan fingerprint density at radius 1 is 1.54 bits per heavy atom. The molecule has 0 saturated heterocycles. The van der Waals surface area contributed by atoms with Crippen LogP contribution in [0.3, 0.4) is 0 Å². The van der Waals surface area contributed by atoms with Gasteiger partial charge in [-0.25, -0.2) is 0 Å². The molecule has 0 aromatic carbocycles. The molecule has 3 N–H and O–H groups in total. The summed E-state index contributed by atoms with van der Waals surface area (Å²) in [7, 11) is 0. The minimum Gasteiger partial charge on any atom is -0.391 e. The predicted molar refractivity (Wildman–Crippen MR) is 52.4 cm³/mol. The molecule has 0 heterocycles. The lowest BCUT2D eigenvalue weighted by molar-refractivity contribution is -0.0240. The summed E-state index contributed by atoms with van der Waals surface area (Å²) < 4.78 is 5.63. The summed E-state index contributed by atoms with van der Waals surface area (Å²) in [5, 5.41) is 9.32. The summed E-state index contributed by atoms with van der Waals surface area (Å²) in [4.78, 5) is 0. The molecule has 0 spiro atoms.